The highest BCUT2D eigenvalue weighted by Gasteiger charge is 2.31. The highest BCUT2D eigenvalue weighted by molar-refractivity contribution is 5.97. The number of aromatic amines is 1. The molecule has 0 saturated carbocycles. The van der Waals surface area contributed by atoms with E-state index in [1.165, 1.54) is 0 Å². The number of hydrogen-bond acceptors (Lipinski definition) is 3. The largest absolute Gasteiger partial charge is 0.496 e. The molecular weight excluding hydrogens is 314 g/mol. The number of amides is 1. The Hall–Kier alpha value is -2.82. The molecule has 0 spiro atoms. The molecule has 0 bridgehead atoms. The minimum atomic E-state index is -0.0291. The van der Waals surface area contributed by atoms with Crippen LogP contribution in [0, 0.1) is 0 Å². The van der Waals surface area contributed by atoms with Crippen molar-refractivity contribution in [1.29, 1.82) is 0 Å². The molecule has 2 heterocycles. The molecule has 3 aromatic rings. The quantitative estimate of drug-likeness (QED) is 0.789. The lowest BCUT2D eigenvalue weighted by molar-refractivity contribution is 0.0598. The lowest BCUT2D eigenvalue weighted by atomic mass is 10.00. The van der Waals surface area contributed by atoms with Crippen LogP contribution in [0.3, 0.4) is 0 Å². The van der Waals surface area contributed by atoms with E-state index in [1.54, 1.807) is 7.11 Å². The number of rotatable bonds is 3. The van der Waals surface area contributed by atoms with Gasteiger partial charge in [0.15, 0.2) is 0 Å². The van der Waals surface area contributed by atoms with Gasteiger partial charge in [-0.2, -0.15) is 0 Å². The van der Waals surface area contributed by atoms with Gasteiger partial charge in [0.25, 0.3) is 5.91 Å². The summed E-state index contributed by atoms with van der Waals surface area (Å²) >= 11 is 0. The van der Waals surface area contributed by atoms with Crippen molar-refractivity contribution in [2.45, 2.75) is 25.3 Å². The summed E-state index contributed by atoms with van der Waals surface area (Å²) in [6.45, 7) is 0.735. The number of hydrogen-bond donors (Lipinski definition) is 1. The Morgan fingerprint density at radius 1 is 1.16 bits per heavy atom. The van der Waals surface area contributed by atoms with E-state index in [2.05, 4.69) is 4.98 Å². The summed E-state index contributed by atoms with van der Waals surface area (Å²) in [5, 5.41) is 0. The van der Waals surface area contributed by atoms with Crippen LogP contribution >= 0.6 is 0 Å². The molecule has 1 N–H and O–H groups in total. The second-order valence-corrected chi connectivity index (χ2v) is 6.35. The van der Waals surface area contributed by atoms with Gasteiger partial charge in [0, 0.05) is 6.54 Å². The molecule has 0 radical (unpaired) electrons. The first-order chi connectivity index (χ1) is 12.3. The predicted molar refractivity (Wildman–Crippen MR) is 96.7 cm³/mol. The van der Waals surface area contributed by atoms with Gasteiger partial charge < -0.3 is 14.6 Å². The van der Waals surface area contributed by atoms with Gasteiger partial charge in [-0.05, 0) is 43.5 Å². The molecule has 1 atom stereocenters. The molecule has 0 unspecified atom stereocenters. The standard InChI is InChI=1S/C20H21N3O2/c1-25-18-12-5-2-8-14(18)20(24)23-13-7-6-11-17(23)19-21-15-9-3-4-10-16(15)22-19/h2-5,8-10,12,17H,6-7,11,13H2,1H3,(H,21,22)/t17-/m0/s1. The van der Waals surface area contributed by atoms with E-state index in [0.29, 0.717) is 11.3 Å². The maximum absolute atomic E-state index is 13.2. The molecule has 5 nitrogen and oxygen atoms in total. The van der Waals surface area contributed by atoms with Crippen molar-refractivity contribution < 1.29 is 9.53 Å². The SMILES string of the molecule is COc1ccccc1C(=O)N1CCCC[C@H]1c1nc2ccccc2[nH]1. The van der Waals surface area contributed by atoms with Crippen molar-refractivity contribution in [2.24, 2.45) is 0 Å². The third-order valence-electron chi connectivity index (χ3n) is 4.82. The van der Waals surface area contributed by atoms with Gasteiger partial charge in [-0.1, -0.05) is 24.3 Å². The van der Waals surface area contributed by atoms with E-state index in [0.717, 1.165) is 42.7 Å². The van der Waals surface area contributed by atoms with Gasteiger partial charge in [0.1, 0.15) is 11.6 Å². The zero-order chi connectivity index (χ0) is 17.2. The van der Waals surface area contributed by atoms with Gasteiger partial charge >= 0.3 is 0 Å². The summed E-state index contributed by atoms with van der Waals surface area (Å²) in [4.78, 5) is 23.2. The van der Waals surface area contributed by atoms with E-state index >= 15 is 0 Å². The summed E-state index contributed by atoms with van der Waals surface area (Å²) in [6, 6.07) is 15.3. The Morgan fingerprint density at radius 3 is 2.80 bits per heavy atom. The fourth-order valence-electron chi connectivity index (χ4n) is 3.57. The molecule has 25 heavy (non-hydrogen) atoms. The van der Waals surface area contributed by atoms with Gasteiger partial charge in [-0.15, -0.1) is 0 Å². The zero-order valence-corrected chi connectivity index (χ0v) is 14.2. The topological polar surface area (TPSA) is 58.2 Å². The van der Waals surface area contributed by atoms with Crippen molar-refractivity contribution >= 4 is 16.9 Å². The fourth-order valence-corrected chi connectivity index (χ4v) is 3.57. The number of fused-ring (bicyclic) bond motifs is 1. The van der Waals surface area contributed by atoms with Crippen LogP contribution in [0.25, 0.3) is 11.0 Å². The molecule has 4 rings (SSSR count). The van der Waals surface area contributed by atoms with Crippen molar-refractivity contribution in [3.05, 3.63) is 59.9 Å². The summed E-state index contributed by atoms with van der Waals surface area (Å²) in [7, 11) is 1.60. The van der Waals surface area contributed by atoms with Crippen molar-refractivity contribution in [3.8, 4) is 5.75 Å². The second kappa shape index (κ2) is 6.59. The fraction of sp³-hybridized carbons (Fsp3) is 0.300. The van der Waals surface area contributed by atoms with E-state index in [1.807, 2.05) is 53.4 Å². The van der Waals surface area contributed by atoms with E-state index in [-0.39, 0.29) is 11.9 Å². The molecule has 1 fully saturated rings. The summed E-state index contributed by atoms with van der Waals surface area (Å²) in [5.41, 5.74) is 2.55. The van der Waals surface area contributed by atoms with Crippen LogP contribution in [-0.4, -0.2) is 34.4 Å². The molecule has 1 aromatic heterocycles. The van der Waals surface area contributed by atoms with Crippen LogP contribution in [0.1, 0.15) is 41.5 Å². The number of benzene rings is 2. The lowest BCUT2D eigenvalue weighted by Crippen LogP contribution is -2.39. The third-order valence-corrected chi connectivity index (χ3v) is 4.82. The number of nitrogens with zero attached hydrogens (tertiary/aromatic N) is 2. The number of ether oxygens (including phenoxy) is 1. The Bertz CT molecular complexity index is 870. The molecule has 1 amide bonds. The molecule has 1 saturated heterocycles. The lowest BCUT2D eigenvalue weighted by Gasteiger charge is -2.34. The number of imidazole rings is 1. The number of carbonyl (C=O) groups excluding carboxylic acids is 1. The molecule has 5 heteroatoms. The van der Waals surface area contributed by atoms with Crippen LogP contribution in [0.2, 0.25) is 0 Å². The molecule has 128 valence electrons. The van der Waals surface area contributed by atoms with Gasteiger partial charge in [-0.3, -0.25) is 4.79 Å². The van der Waals surface area contributed by atoms with Crippen LogP contribution in [0.5, 0.6) is 5.75 Å². The number of methoxy groups -OCH3 is 1. The van der Waals surface area contributed by atoms with Crippen molar-refractivity contribution in [1.82, 2.24) is 14.9 Å². The number of nitrogens with one attached hydrogen (secondary N) is 1. The van der Waals surface area contributed by atoms with Gasteiger partial charge in [0.2, 0.25) is 0 Å². The number of para-hydroxylation sites is 3. The molecule has 1 aliphatic rings. The van der Waals surface area contributed by atoms with Crippen LogP contribution < -0.4 is 4.74 Å². The summed E-state index contributed by atoms with van der Waals surface area (Å²) in [5.74, 6) is 1.48. The molecule has 1 aliphatic heterocycles. The number of H-pyrrole nitrogens is 1. The van der Waals surface area contributed by atoms with Crippen molar-refractivity contribution in [3.63, 3.8) is 0 Å². The number of likely N-dealkylation sites (tertiary alicyclic amines) is 1. The maximum Gasteiger partial charge on any atom is 0.258 e. The van der Waals surface area contributed by atoms with E-state index in [9.17, 15) is 4.79 Å². The van der Waals surface area contributed by atoms with Crippen LogP contribution in [-0.2, 0) is 0 Å². The Kier molecular flexibility index (Phi) is 4.14. The number of piperidine rings is 1. The van der Waals surface area contributed by atoms with E-state index < -0.39 is 0 Å². The highest BCUT2D eigenvalue weighted by atomic mass is 16.5. The average molecular weight is 335 g/mol. The number of aromatic nitrogens is 2. The van der Waals surface area contributed by atoms with Gasteiger partial charge in [0.05, 0.1) is 29.7 Å². The van der Waals surface area contributed by atoms with E-state index in [4.69, 9.17) is 9.72 Å². The minimum absolute atomic E-state index is 0.00241. The Labute approximate surface area is 146 Å². The summed E-state index contributed by atoms with van der Waals surface area (Å²) < 4.78 is 5.38. The van der Waals surface area contributed by atoms with Crippen LogP contribution in [0.15, 0.2) is 48.5 Å². The molecule has 2 aromatic carbocycles. The normalized spacial score (nSPS) is 17.6. The first kappa shape index (κ1) is 15.7. The Morgan fingerprint density at radius 2 is 1.96 bits per heavy atom. The van der Waals surface area contributed by atoms with Gasteiger partial charge in [-0.25, -0.2) is 4.98 Å². The maximum atomic E-state index is 13.2. The molecule has 0 aliphatic carbocycles. The van der Waals surface area contributed by atoms with Crippen molar-refractivity contribution in [2.75, 3.05) is 13.7 Å². The third kappa shape index (κ3) is 2.86. The Balaban J connectivity index is 1.70. The molecular formula is C20H21N3O2. The second-order valence-electron chi connectivity index (χ2n) is 6.35. The zero-order valence-electron chi connectivity index (χ0n) is 14.2. The first-order valence-electron chi connectivity index (χ1n) is 8.66. The predicted octanol–water partition coefficient (Wildman–Crippen LogP) is 3.94. The monoisotopic (exact) mass is 335 g/mol. The summed E-state index contributed by atoms with van der Waals surface area (Å²) in [6.07, 6.45) is 3.02. The highest BCUT2D eigenvalue weighted by Crippen LogP contribution is 2.33. The van der Waals surface area contributed by atoms with Crippen LogP contribution in [0.4, 0.5) is 0 Å². The first-order valence-corrected chi connectivity index (χ1v) is 8.66. The minimum Gasteiger partial charge on any atom is -0.496 e. The smallest absolute Gasteiger partial charge is 0.258 e. The average Bonchev–Trinajstić information content (AvgIpc) is 3.11. The number of carbonyl (C=O) groups is 1.